The fourth-order valence-corrected chi connectivity index (χ4v) is 2.14. The van der Waals surface area contributed by atoms with Gasteiger partial charge in [0.15, 0.2) is 0 Å². The lowest BCUT2D eigenvalue weighted by Gasteiger charge is -2.06. The molecule has 0 unspecified atom stereocenters. The van der Waals surface area contributed by atoms with Gasteiger partial charge >= 0.3 is 0 Å². The number of aryl methyl sites for hydroxylation is 2. The number of carbonyl (C=O) groups is 1. The Bertz CT molecular complexity index is 607. The molecular weight excluding hydrogens is 299 g/mol. The molecule has 1 aromatic carbocycles. The van der Waals surface area contributed by atoms with Crippen molar-refractivity contribution in [1.82, 2.24) is 4.57 Å². The zero-order valence-corrected chi connectivity index (χ0v) is 11.6. The lowest BCUT2D eigenvalue weighted by atomic mass is 10.2. The Morgan fingerprint density at radius 3 is 2.67 bits per heavy atom. The second-order valence-electron chi connectivity index (χ2n) is 4.07. The summed E-state index contributed by atoms with van der Waals surface area (Å²) in [7, 11) is 1.77. The molecule has 0 saturated heterocycles. The summed E-state index contributed by atoms with van der Waals surface area (Å²) >= 11 is 3.30. The first-order valence-electron chi connectivity index (χ1n) is 5.37. The first kappa shape index (κ1) is 12.8. The second kappa shape index (κ2) is 4.94. The number of anilines is 1. The summed E-state index contributed by atoms with van der Waals surface area (Å²) in [6, 6.07) is 6.32. The molecule has 2 aromatic rings. The quantitative estimate of drug-likeness (QED) is 0.905. The van der Waals surface area contributed by atoms with Crippen LogP contribution in [0.4, 0.5) is 10.1 Å². The smallest absolute Gasteiger partial charge is 0.272 e. The van der Waals surface area contributed by atoms with Gasteiger partial charge in [-0.05, 0) is 46.6 Å². The third-order valence-corrected chi connectivity index (χ3v) is 3.07. The van der Waals surface area contributed by atoms with Gasteiger partial charge in [-0.1, -0.05) is 6.07 Å². The van der Waals surface area contributed by atoms with Crippen molar-refractivity contribution in [3.05, 3.63) is 52.0 Å². The van der Waals surface area contributed by atoms with Gasteiger partial charge < -0.3 is 9.88 Å². The summed E-state index contributed by atoms with van der Waals surface area (Å²) in [5.74, 6) is -0.604. The van der Waals surface area contributed by atoms with E-state index in [1.165, 1.54) is 6.07 Å². The number of nitrogens with one attached hydrogen (secondary N) is 1. The van der Waals surface area contributed by atoms with Crippen molar-refractivity contribution in [2.45, 2.75) is 6.92 Å². The van der Waals surface area contributed by atoms with Crippen LogP contribution >= 0.6 is 15.9 Å². The average molecular weight is 311 g/mol. The highest BCUT2D eigenvalue weighted by atomic mass is 79.9. The van der Waals surface area contributed by atoms with Gasteiger partial charge in [0.1, 0.15) is 11.5 Å². The van der Waals surface area contributed by atoms with Gasteiger partial charge in [0.2, 0.25) is 0 Å². The van der Waals surface area contributed by atoms with Gasteiger partial charge in [0.05, 0.1) is 0 Å². The summed E-state index contributed by atoms with van der Waals surface area (Å²) in [5, 5.41) is 2.66. The van der Waals surface area contributed by atoms with E-state index >= 15 is 0 Å². The number of amides is 1. The molecular formula is C13H12BrFN2O. The average Bonchev–Trinajstić information content (AvgIpc) is 2.63. The number of benzene rings is 1. The largest absolute Gasteiger partial charge is 0.345 e. The Labute approximate surface area is 113 Å². The summed E-state index contributed by atoms with van der Waals surface area (Å²) in [6.45, 7) is 1.68. The fraction of sp³-hybridized carbons (Fsp3) is 0.154. The molecule has 1 aromatic heterocycles. The van der Waals surface area contributed by atoms with Gasteiger partial charge in [-0.3, -0.25) is 4.79 Å². The molecule has 0 fully saturated rings. The van der Waals surface area contributed by atoms with E-state index in [1.807, 2.05) is 0 Å². The predicted molar refractivity (Wildman–Crippen MR) is 72.2 cm³/mol. The van der Waals surface area contributed by atoms with E-state index < -0.39 is 0 Å². The highest BCUT2D eigenvalue weighted by molar-refractivity contribution is 9.10. The lowest BCUT2D eigenvalue weighted by molar-refractivity contribution is 0.101. The highest BCUT2D eigenvalue weighted by Gasteiger charge is 2.11. The van der Waals surface area contributed by atoms with Gasteiger partial charge in [0.25, 0.3) is 5.91 Å². The number of aromatic nitrogens is 1. The normalized spacial score (nSPS) is 10.4. The molecule has 2 rings (SSSR count). The summed E-state index contributed by atoms with van der Waals surface area (Å²) in [6.07, 6.45) is 1.78. The zero-order chi connectivity index (χ0) is 13.3. The van der Waals surface area contributed by atoms with Crippen LogP contribution in [0.3, 0.4) is 0 Å². The van der Waals surface area contributed by atoms with Crippen molar-refractivity contribution in [3.63, 3.8) is 0 Å². The number of hydrogen-bond donors (Lipinski definition) is 1. The monoisotopic (exact) mass is 310 g/mol. The molecule has 1 heterocycles. The van der Waals surface area contributed by atoms with E-state index in [0.717, 1.165) is 4.47 Å². The van der Waals surface area contributed by atoms with Crippen LogP contribution in [0.5, 0.6) is 0 Å². The maximum atomic E-state index is 13.4. The second-order valence-corrected chi connectivity index (χ2v) is 4.99. The van der Waals surface area contributed by atoms with E-state index in [9.17, 15) is 9.18 Å². The van der Waals surface area contributed by atoms with Crippen LogP contribution in [0.2, 0.25) is 0 Å². The number of halogens is 2. The van der Waals surface area contributed by atoms with Crippen molar-refractivity contribution in [2.75, 3.05) is 5.32 Å². The molecule has 0 aliphatic carbocycles. The van der Waals surface area contributed by atoms with Gasteiger partial charge in [-0.15, -0.1) is 0 Å². The molecule has 1 N–H and O–H groups in total. The molecule has 0 aliphatic heterocycles. The minimum Gasteiger partial charge on any atom is -0.345 e. The molecule has 18 heavy (non-hydrogen) atoms. The first-order valence-corrected chi connectivity index (χ1v) is 6.16. The van der Waals surface area contributed by atoms with Crippen LogP contribution in [0.1, 0.15) is 16.1 Å². The minimum absolute atomic E-state index is 0.272. The van der Waals surface area contributed by atoms with Crippen LogP contribution in [-0.2, 0) is 7.05 Å². The van der Waals surface area contributed by atoms with Crippen LogP contribution in [0, 0.1) is 12.7 Å². The molecule has 3 nitrogen and oxygen atoms in total. The Balaban J connectivity index is 2.21. The van der Waals surface area contributed by atoms with Gasteiger partial charge in [-0.25, -0.2) is 4.39 Å². The van der Waals surface area contributed by atoms with Crippen LogP contribution in [0.25, 0.3) is 0 Å². The predicted octanol–water partition coefficient (Wildman–Crippen LogP) is 3.49. The fourth-order valence-electron chi connectivity index (χ4n) is 1.62. The Morgan fingerprint density at radius 1 is 1.39 bits per heavy atom. The van der Waals surface area contributed by atoms with Crippen molar-refractivity contribution in [1.29, 1.82) is 0 Å². The van der Waals surface area contributed by atoms with Crippen LogP contribution < -0.4 is 5.32 Å². The SMILES string of the molecule is Cc1ccc(NC(=O)c2cc(Br)cn2C)cc1F. The molecule has 1 amide bonds. The maximum absolute atomic E-state index is 13.4. The molecule has 0 atom stereocenters. The standard InChI is InChI=1S/C13H12BrFN2O/c1-8-3-4-10(6-11(8)15)16-13(18)12-5-9(14)7-17(12)2/h3-7H,1-2H3,(H,16,18). The minimum atomic E-state index is -0.333. The van der Waals surface area contributed by atoms with E-state index in [0.29, 0.717) is 16.9 Å². The van der Waals surface area contributed by atoms with E-state index in [-0.39, 0.29) is 11.7 Å². The van der Waals surface area contributed by atoms with E-state index in [1.54, 1.807) is 42.9 Å². The number of nitrogens with zero attached hydrogens (tertiary/aromatic N) is 1. The third-order valence-electron chi connectivity index (χ3n) is 2.63. The van der Waals surface area contributed by atoms with E-state index in [2.05, 4.69) is 21.2 Å². The Kier molecular flexibility index (Phi) is 3.52. The van der Waals surface area contributed by atoms with Crippen molar-refractivity contribution in [3.8, 4) is 0 Å². The Hall–Kier alpha value is -1.62. The van der Waals surface area contributed by atoms with E-state index in [4.69, 9.17) is 0 Å². The summed E-state index contributed by atoms with van der Waals surface area (Å²) < 4.78 is 15.9. The molecule has 5 heteroatoms. The topological polar surface area (TPSA) is 34.0 Å². The lowest BCUT2D eigenvalue weighted by Crippen LogP contribution is -2.15. The Morgan fingerprint density at radius 2 is 2.11 bits per heavy atom. The van der Waals surface area contributed by atoms with Crippen molar-refractivity contribution >= 4 is 27.5 Å². The molecule has 0 radical (unpaired) electrons. The van der Waals surface area contributed by atoms with Gasteiger partial charge in [-0.2, -0.15) is 0 Å². The molecule has 94 valence electrons. The highest BCUT2D eigenvalue weighted by Crippen LogP contribution is 2.17. The van der Waals surface area contributed by atoms with Crippen molar-refractivity contribution in [2.24, 2.45) is 7.05 Å². The first-order chi connectivity index (χ1) is 8.47. The molecule has 0 bridgehead atoms. The molecule has 0 aliphatic rings. The molecule has 0 spiro atoms. The van der Waals surface area contributed by atoms with Crippen LogP contribution in [0.15, 0.2) is 34.9 Å². The maximum Gasteiger partial charge on any atom is 0.272 e. The number of hydrogen-bond acceptors (Lipinski definition) is 1. The van der Waals surface area contributed by atoms with Gasteiger partial charge in [0, 0.05) is 23.4 Å². The summed E-state index contributed by atoms with van der Waals surface area (Å²) in [4.78, 5) is 12.0. The van der Waals surface area contributed by atoms with Crippen LogP contribution in [-0.4, -0.2) is 10.5 Å². The summed E-state index contributed by atoms with van der Waals surface area (Å²) in [5.41, 5.74) is 1.50. The third kappa shape index (κ3) is 2.61. The number of carbonyl (C=O) groups excluding carboxylic acids is 1. The zero-order valence-electron chi connectivity index (χ0n) is 10.00. The van der Waals surface area contributed by atoms with Crippen molar-refractivity contribution < 1.29 is 9.18 Å². The number of rotatable bonds is 2. The molecule has 0 saturated carbocycles.